The molecule has 2 aliphatic heterocycles. The van der Waals surface area contributed by atoms with E-state index in [4.69, 9.17) is 22.7 Å². The number of carbonyl (C=O) groups is 6. The predicted octanol–water partition coefficient (Wildman–Crippen LogP) is -0.235. The molecule has 2 aliphatic rings. The lowest BCUT2D eigenvalue weighted by Gasteiger charge is -2.20. The number of benzene rings is 3. The molecule has 21 nitrogen and oxygen atoms in total. The molecule has 3 aromatic rings. The van der Waals surface area contributed by atoms with Crippen LogP contribution < -0.4 is 0 Å². The fourth-order valence-electron chi connectivity index (χ4n) is 4.46. The zero-order chi connectivity index (χ0) is 36.9. The van der Waals surface area contributed by atoms with E-state index in [-0.39, 0.29) is 0 Å². The highest BCUT2D eigenvalue weighted by molar-refractivity contribution is 7.86. The van der Waals surface area contributed by atoms with Crippen LogP contribution in [0.4, 0.5) is 0 Å². The fraction of sp³-hybridized carbons (Fsp3) is 0. The molecule has 0 radical (unpaired) electrons. The van der Waals surface area contributed by atoms with Gasteiger partial charge in [-0.2, -0.15) is 25.3 Å². The van der Waals surface area contributed by atoms with Gasteiger partial charge in [0.2, 0.25) is 0 Å². The lowest BCUT2D eigenvalue weighted by Crippen LogP contribution is -2.38. The molecule has 4 bridgehead atoms. The van der Waals surface area contributed by atoms with Crippen LogP contribution in [0, 0.1) is 0 Å². The highest BCUT2D eigenvalue weighted by Gasteiger charge is 2.54. The van der Waals surface area contributed by atoms with Gasteiger partial charge in [0, 0.05) is 0 Å². The first-order valence-corrected chi connectivity index (χ1v) is 19.9. The standard InChI is InChI=1S/3C8H6O7S.2Al/c3*9-7(10)4-2-1-3-5(8(11)12)6(4)16(13,14)15;;/h3*1-3H,(H,9,10)(H,11,12)(H,13,14,15);;/q;;;2*+3/p-6. The predicted molar refractivity (Wildman–Crippen MR) is 153 cm³/mol. The molecular formula is C24H12Al2O21S3. The maximum atomic E-state index is 13.1. The number of fused-ring (bicyclic) bond motifs is 4. The molecule has 50 heavy (non-hydrogen) atoms. The largest absolute Gasteiger partial charge is 1.20 e. The fourth-order valence-corrected chi connectivity index (χ4v) is 9.13. The van der Waals surface area contributed by atoms with Crippen molar-refractivity contribution in [3.05, 3.63) is 88.0 Å². The average Bonchev–Trinajstić information content (AvgIpc) is 3.01. The molecule has 5 rings (SSSR count). The second kappa shape index (κ2) is 13.2. The lowest BCUT2D eigenvalue weighted by molar-refractivity contribution is 0.0367. The summed E-state index contributed by atoms with van der Waals surface area (Å²) in [6.45, 7) is 0. The van der Waals surface area contributed by atoms with Crippen molar-refractivity contribution in [2.24, 2.45) is 0 Å². The van der Waals surface area contributed by atoms with E-state index in [9.17, 15) is 67.7 Å². The lowest BCUT2D eigenvalue weighted by atomic mass is 10.1. The third-order valence-electron chi connectivity index (χ3n) is 6.36. The van der Waals surface area contributed by atoms with Crippen LogP contribution in [0.25, 0.3) is 0 Å². The Morgan fingerprint density at radius 2 is 0.740 bits per heavy atom. The van der Waals surface area contributed by atoms with Gasteiger partial charge in [0.15, 0.2) is 0 Å². The number of hydrogen-bond donors (Lipinski definition) is 3. The van der Waals surface area contributed by atoms with Crippen molar-refractivity contribution < 1.29 is 90.4 Å². The third-order valence-corrected chi connectivity index (χ3v) is 11.7. The van der Waals surface area contributed by atoms with E-state index in [0.717, 1.165) is 42.5 Å². The maximum absolute atomic E-state index is 13.1. The van der Waals surface area contributed by atoms with E-state index < -0.39 is 145 Å². The zero-order valence-electron chi connectivity index (χ0n) is 23.8. The van der Waals surface area contributed by atoms with Crippen molar-refractivity contribution in [2.45, 2.75) is 14.7 Å². The minimum absolute atomic E-state index is 0.665. The van der Waals surface area contributed by atoms with Gasteiger partial charge in [-0.3, -0.25) is 13.7 Å². The van der Waals surface area contributed by atoms with Crippen LogP contribution in [0.2, 0.25) is 0 Å². The summed E-state index contributed by atoms with van der Waals surface area (Å²) >= 11 is -8.78. The van der Waals surface area contributed by atoms with Crippen LogP contribution in [-0.2, 0) is 53.1 Å². The Morgan fingerprint density at radius 1 is 0.480 bits per heavy atom. The summed E-state index contributed by atoms with van der Waals surface area (Å²) in [6.07, 6.45) is 0. The molecule has 0 fully saturated rings. The van der Waals surface area contributed by atoms with E-state index >= 15 is 0 Å². The van der Waals surface area contributed by atoms with Crippen molar-refractivity contribution in [3.8, 4) is 0 Å². The first-order chi connectivity index (χ1) is 23.2. The second-order valence-electron chi connectivity index (χ2n) is 9.48. The smallest absolute Gasteiger partial charge is 0.547 e. The monoisotopic (exact) mass is 786 g/mol. The van der Waals surface area contributed by atoms with Crippen LogP contribution in [0.1, 0.15) is 62.1 Å². The SMILES string of the molecule is O=C([O][Al]1[O]C(=O)c2cccc(c2S(=O)(=O)O)C(=O)[O]1)c1cccc(C(=O)[O][Al]2[O]C(=O)c3cccc(c3S(=O)(=O)O)C(=O)[O]2)c1S(=O)(=O)O. The summed E-state index contributed by atoms with van der Waals surface area (Å²) < 4.78 is 130. The van der Waals surface area contributed by atoms with Crippen LogP contribution in [0.15, 0.2) is 69.3 Å². The topological polar surface area (TPSA) is 321 Å². The molecule has 2 heterocycles. The Balaban J connectivity index is 1.43. The molecule has 258 valence electrons. The normalized spacial score (nSPS) is 14.9. The summed E-state index contributed by atoms with van der Waals surface area (Å²) in [5.74, 6) is -9.86. The highest BCUT2D eigenvalue weighted by Crippen LogP contribution is 2.29. The minimum Gasteiger partial charge on any atom is -0.547 e. The van der Waals surface area contributed by atoms with E-state index in [0.29, 0.717) is 12.1 Å². The van der Waals surface area contributed by atoms with Crippen LogP contribution in [0.5, 0.6) is 0 Å². The summed E-state index contributed by atoms with van der Waals surface area (Å²) in [4.78, 5) is 73.0. The summed E-state index contributed by atoms with van der Waals surface area (Å²) in [5.41, 5.74) is -5.78. The van der Waals surface area contributed by atoms with Crippen molar-refractivity contribution >= 4 is 96.5 Å². The van der Waals surface area contributed by atoms with Gasteiger partial charge >= 0.3 is 66.1 Å². The van der Waals surface area contributed by atoms with Gasteiger partial charge in [-0.15, -0.1) is 0 Å². The number of rotatable bonds is 7. The zero-order valence-corrected chi connectivity index (χ0v) is 28.5. The van der Waals surface area contributed by atoms with E-state index in [1.165, 1.54) is 0 Å². The quantitative estimate of drug-likeness (QED) is 0.206. The molecule has 0 saturated carbocycles. The van der Waals surface area contributed by atoms with Gasteiger partial charge in [0.1, 0.15) is 14.7 Å². The average molecular weight is 787 g/mol. The first-order valence-electron chi connectivity index (χ1n) is 12.8. The molecule has 3 N–H and O–H groups in total. The molecular weight excluding hydrogens is 774 g/mol. The van der Waals surface area contributed by atoms with Crippen molar-refractivity contribution in [1.82, 2.24) is 0 Å². The molecule has 0 aliphatic carbocycles. The van der Waals surface area contributed by atoms with E-state index in [1.54, 1.807) is 0 Å². The van der Waals surface area contributed by atoms with E-state index in [1.807, 2.05) is 0 Å². The molecule has 0 spiro atoms. The molecule has 3 aromatic carbocycles. The molecule has 0 unspecified atom stereocenters. The summed E-state index contributed by atoms with van der Waals surface area (Å²) in [6, 6.07) is 7.59. The van der Waals surface area contributed by atoms with Gasteiger partial charge in [-0.1, -0.05) is 18.2 Å². The molecule has 0 amide bonds. The van der Waals surface area contributed by atoms with Crippen LogP contribution in [0.3, 0.4) is 0 Å². The van der Waals surface area contributed by atoms with Crippen molar-refractivity contribution in [3.63, 3.8) is 0 Å². The Bertz CT molecular complexity index is 2170. The molecule has 0 saturated heterocycles. The van der Waals surface area contributed by atoms with Gasteiger partial charge in [0.25, 0.3) is 30.4 Å². The van der Waals surface area contributed by atoms with Crippen molar-refractivity contribution in [2.75, 3.05) is 0 Å². The van der Waals surface area contributed by atoms with E-state index in [2.05, 4.69) is 0 Å². The minimum atomic E-state index is -5.62. The van der Waals surface area contributed by atoms with Gasteiger partial charge in [-0.05, 0) is 36.4 Å². The molecule has 0 aromatic heterocycles. The van der Waals surface area contributed by atoms with Crippen LogP contribution >= 0.6 is 0 Å². The van der Waals surface area contributed by atoms with Crippen LogP contribution in [-0.4, -0.2) is 105 Å². The summed E-state index contributed by atoms with van der Waals surface area (Å²) in [5, 5.41) is 0. The second-order valence-corrected chi connectivity index (χ2v) is 16.1. The maximum Gasteiger partial charge on any atom is 1.20 e. The van der Waals surface area contributed by atoms with Gasteiger partial charge in [0.05, 0.1) is 33.4 Å². The Labute approximate surface area is 288 Å². The molecule has 26 heteroatoms. The summed E-state index contributed by atoms with van der Waals surface area (Å²) in [7, 11) is -16.0. The first kappa shape index (κ1) is 36.6. The Hall–Kier alpha value is -4.73. The third kappa shape index (κ3) is 7.25. The number of hydrogen-bond acceptors (Lipinski definition) is 18. The van der Waals surface area contributed by atoms with Crippen molar-refractivity contribution in [1.29, 1.82) is 0 Å². The molecule has 0 atom stereocenters. The van der Waals surface area contributed by atoms with Gasteiger partial charge in [-0.25, -0.2) is 28.8 Å². The Kier molecular flexibility index (Phi) is 9.65. The van der Waals surface area contributed by atoms with Gasteiger partial charge < -0.3 is 22.7 Å². The Morgan fingerprint density at radius 3 is 1.00 bits per heavy atom. The highest BCUT2D eigenvalue weighted by atomic mass is 32.2. The number of carbonyl (C=O) groups excluding carboxylic acids is 6.